The summed E-state index contributed by atoms with van der Waals surface area (Å²) in [6.45, 7) is 4.09. The Kier molecular flexibility index (Phi) is 11.8. The molecule has 1 aliphatic carbocycles. The predicted octanol–water partition coefficient (Wildman–Crippen LogP) is 7.36. The van der Waals surface area contributed by atoms with Gasteiger partial charge in [0.25, 0.3) is 0 Å². The second-order valence-electron chi connectivity index (χ2n) is 10.8. The zero-order valence-corrected chi connectivity index (χ0v) is 23.8. The average Bonchev–Trinajstić information content (AvgIpc) is 2.90. The number of urea groups is 1. The second kappa shape index (κ2) is 15.1. The van der Waals surface area contributed by atoms with E-state index in [1.807, 2.05) is 6.92 Å². The Hall–Kier alpha value is -2.67. The summed E-state index contributed by atoms with van der Waals surface area (Å²) >= 11 is 0. The monoisotopic (exact) mass is 540 g/mol. The van der Waals surface area contributed by atoms with E-state index in [0.717, 1.165) is 37.7 Å². The summed E-state index contributed by atoms with van der Waals surface area (Å²) in [5, 5.41) is 5.77. The van der Waals surface area contributed by atoms with Gasteiger partial charge in [-0.2, -0.15) is 0 Å². The van der Waals surface area contributed by atoms with Crippen molar-refractivity contribution in [2.75, 3.05) is 5.32 Å². The number of unbranched alkanes of at least 4 members (excludes halogenated alkanes) is 4. The molecule has 2 N–H and O–H groups in total. The third kappa shape index (κ3) is 9.90. The quantitative estimate of drug-likeness (QED) is 0.245. The number of carbonyl (C=O) groups is 2. The zero-order chi connectivity index (χ0) is 27.4. The highest BCUT2D eigenvalue weighted by atomic mass is 32.2. The standard InChI is InChI=1S/C31H44N2O4S/c1-3-4-5-6-10-13-30(34)29(22-25-11-8-7-9-12-25)33-31(35)32-27-18-16-26(17-19-27)23-38(36,37)28-20-14-24(2)15-21-28/h14-21,25,29H,3-13,22-23H2,1-2H3,(H2,32,33,35)/t29-/m1/s1. The Morgan fingerprint density at radius 1 is 0.895 bits per heavy atom. The van der Waals surface area contributed by atoms with Crippen molar-refractivity contribution in [3.05, 3.63) is 59.7 Å². The summed E-state index contributed by atoms with van der Waals surface area (Å²) < 4.78 is 25.5. The minimum absolute atomic E-state index is 0.112. The lowest BCUT2D eigenvalue weighted by atomic mass is 9.83. The van der Waals surface area contributed by atoms with Crippen LogP contribution in [0, 0.1) is 12.8 Å². The fourth-order valence-electron chi connectivity index (χ4n) is 5.16. The summed E-state index contributed by atoms with van der Waals surface area (Å²) in [6, 6.07) is 12.8. The first-order valence-corrected chi connectivity index (χ1v) is 15.9. The molecule has 2 amide bonds. The van der Waals surface area contributed by atoms with Gasteiger partial charge >= 0.3 is 6.03 Å². The summed E-state index contributed by atoms with van der Waals surface area (Å²) in [5.41, 5.74) is 2.21. The maximum absolute atomic E-state index is 13.1. The van der Waals surface area contributed by atoms with Crippen LogP contribution in [0.25, 0.3) is 0 Å². The zero-order valence-electron chi connectivity index (χ0n) is 23.0. The van der Waals surface area contributed by atoms with E-state index in [4.69, 9.17) is 0 Å². The van der Waals surface area contributed by atoms with E-state index >= 15 is 0 Å². The number of Topliss-reactive ketones (excluding diaryl/α,β-unsaturated/α-hetero) is 1. The Morgan fingerprint density at radius 2 is 1.55 bits per heavy atom. The van der Waals surface area contributed by atoms with Crippen LogP contribution >= 0.6 is 0 Å². The van der Waals surface area contributed by atoms with Gasteiger partial charge in [0.1, 0.15) is 0 Å². The highest BCUT2D eigenvalue weighted by Gasteiger charge is 2.25. The summed E-state index contributed by atoms with van der Waals surface area (Å²) in [7, 11) is -3.46. The SMILES string of the molecule is CCCCCCCC(=O)[C@@H](CC1CCCCC1)NC(=O)Nc1ccc(CS(=O)(=O)c2ccc(C)cc2)cc1. The van der Waals surface area contributed by atoms with Crippen molar-refractivity contribution in [2.24, 2.45) is 5.92 Å². The molecular formula is C31H44N2O4S. The Labute approximate surface area is 228 Å². The molecule has 38 heavy (non-hydrogen) atoms. The first-order valence-electron chi connectivity index (χ1n) is 14.3. The molecular weight excluding hydrogens is 496 g/mol. The molecule has 0 radical (unpaired) electrons. The molecule has 1 aliphatic rings. The van der Waals surface area contributed by atoms with Gasteiger partial charge in [-0.3, -0.25) is 4.79 Å². The van der Waals surface area contributed by atoms with Gasteiger partial charge in [-0.05, 0) is 55.5 Å². The number of carbonyl (C=O) groups excluding carboxylic acids is 2. The lowest BCUT2D eigenvalue weighted by Gasteiger charge is -2.26. The second-order valence-corrected chi connectivity index (χ2v) is 12.8. The number of amides is 2. The number of nitrogens with one attached hydrogen (secondary N) is 2. The number of sulfone groups is 1. The normalized spacial score (nSPS) is 15.1. The summed E-state index contributed by atoms with van der Waals surface area (Å²) in [6.07, 6.45) is 12.5. The van der Waals surface area contributed by atoms with Gasteiger partial charge in [-0.25, -0.2) is 13.2 Å². The summed E-state index contributed by atoms with van der Waals surface area (Å²) in [4.78, 5) is 26.2. The van der Waals surface area contributed by atoms with Gasteiger partial charge in [0.2, 0.25) is 0 Å². The van der Waals surface area contributed by atoms with Crippen LogP contribution in [0.1, 0.15) is 95.1 Å². The van der Waals surface area contributed by atoms with Crippen LogP contribution in [-0.2, 0) is 20.4 Å². The molecule has 0 aromatic heterocycles. The van der Waals surface area contributed by atoms with Gasteiger partial charge < -0.3 is 10.6 Å². The van der Waals surface area contributed by atoms with Crippen molar-refractivity contribution in [2.45, 2.75) is 108 Å². The molecule has 1 saturated carbocycles. The largest absolute Gasteiger partial charge is 0.328 e. The van der Waals surface area contributed by atoms with Crippen LogP contribution in [0.2, 0.25) is 0 Å². The van der Waals surface area contributed by atoms with Gasteiger partial charge in [-0.1, -0.05) is 94.5 Å². The smallest absolute Gasteiger partial charge is 0.319 e. The Morgan fingerprint density at radius 3 is 2.21 bits per heavy atom. The fourth-order valence-corrected chi connectivity index (χ4v) is 6.51. The lowest BCUT2D eigenvalue weighted by molar-refractivity contribution is -0.121. The van der Waals surface area contributed by atoms with Gasteiger partial charge in [-0.15, -0.1) is 0 Å². The molecule has 0 bridgehead atoms. The first-order chi connectivity index (χ1) is 18.3. The highest BCUT2D eigenvalue weighted by Crippen LogP contribution is 2.28. The van der Waals surface area contributed by atoms with Crippen molar-refractivity contribution < 1.29 is 18.0 Å². The topological polar surface area (TPSA) is 92.3 Å². The van der Waals surface area contributed by atoms with Crippen LogP contribution < -0.4 is 10.6 Å². The molecule has 208 valence electrons. The first kappa shape index (κ1) is 29.9. The van der Waals surface area contributed by atoms with Crippen LogP contribution in [0.3, 0.4) is 0 Å². The van der Waals surface area contributed by atoms with E-state index < -0.39 is 21.9 Å². The molecule has 0 unspecified atom stereocenters. The van der Waals surface area contributed by atoms with Gasteiger partial charge in [0, 0.05) is 12.1 Å². The third-order valence-corrected chi connectivity index (χ3v) is 9.17. The maximum Gasteiger partial charge on any atom is 0.319 e. The fraction of sp³-hybridized carbons (Fsp3) is 0.548. The van der Waals surface area contributed by atoms with Gasteiger partial charge in [0.05, 0.1) is 16.7 Å². The molecule has 1 fully saturated rings. The van der Waals surface area contributed by atoms with Crippen molar-refractivity contribution in [1.82, 2.24) is 5.32 Å². The van der Waals surface area contributed by atoms with E-state index in [-0.39, 0.29) is 11.5 Å². The number of rotatable bonds is 14. The van der Waals surface area contributed by atoms with E-state index in [0.29, 0.717) is 34.9 Å². The molecule has 0 saturated heterocycles. The van der Waals surface area contributed by atoms with Crippen molar-refractivity contribution in [3.8, 4) is 0 Å². The molecule has 0 aliphatic heterocycles. The molecule has 1 atom stereocenters. The Balaban J connectivity index is 1.56. The number of ketones is 1. The lowest BCUT2D eigenvalue weighted by Crippen LogP contribution is -2.44. The summed E-state index contributed by atoms with van der Waals surface area (Å²) in [5.74, 6) is 0.491. The highest BCUT2D eigenvalue weighted by molar-refractivity contribution is 7.90. The van der Waals surface area contributed by atoms with Crippen molar-refractivity contribution in [3.63, 3.8) is 0 Å². The van der Waals surface area contributed by atoms with E-state index in [9.17, 15) is 18.0 Å². The van der Waals surface area contributed by atoms with E-state index in [1.165, 1.54) is 32.1 Å². The van der Waals surface area contributed by atoms with Crippen LogP contribution in [0.15, 0.2) is 53.4 Å². The van der Waals surface area contributed by atoms with Crippen LogP contribution in [-0.4, -0.2) is 26.3 Å². The molecule has 0 heterocycles. The van der Waals surface area contributed by atoms with Crippen molar-refractivity contribution >= 4 is 27.3 Å². The van der Waals surface area contributed by atoms with Crippen LogP contribution in [0.5, 0.6) is 0 Å². The number of hydrogen-bond donors (Lipinski definition) is 2. The van der Waals surface area contributed by atoms with E-state index in [2.05, 4.69) is 17.6 Å². The van der Waals surface area contributed by atoms with Gasteiger partial charge in [0.15, 0.2) is 15.6 Å². The van der Waals surface area contributed by atoms with E-state index in [1.54, 1.807) is 48.5 Å². The molecule has 6 nitrogen and oxygen atoms in total. The average molecular weight is 541 g/mol. The molecule has 3 rings (SSSR count). The van der Waals surface area contributed by atoms with Crippen molar-refractivity contribution in [1.29, 1.82) is 0 Å². The maximum atomic E-state index is 13.1. The predicted molar refractivity (Wildman–Crippen MR) is 154 cm³/mol. The third-order valence-electron chi connectivity index (χ3n) is 7.46. The molecule has 0 spiro atoms. The Bertz CT molecular complexity index is 1120. The molecule has 7 heteroatoms. The van der Waals surface area contributed by atoms with Crippen LogP contribution in [0.4, 0.5) is 10.5 Å². The molecule has 2 aromatic rings. The minimum atomic E-state index is -3.46. The number of hydrogen-bond acceptors (Lipinski definition) is 4. The molecule has 2 aromatic carbocycles. The number of anilines is 1. The number of aryl methyl sites for hydroxylation is 1. The minimum Gasteiger partial charge on any atom is -0.328 e. The number of benzene rings is 2.